The molecule has 0 aliphatic rings. The highest BCUT2D eigenvalue weighted by Gasteiger charge is 2.13. The summed E-state index contributed by atoms with van der Waals surface area (Å²) in [5, 5.41) is 0.794. The third kappa shape index (κ3) is 4.74. The van der Waals surface area contributed by atoms with Crippen molar-refractivity contribution >= 4 is 40.9 Å². The average Bonchev–Trinajstić information content (AvgIpc) is 2.30. The van der Waals surface area contributed by atoms with E-state index in [1.807, 2.05) is 13.0 Å². The summed E-state index contributed by atoms with van der Waals surface area (Å²) < 4.78 is 4.65. The van der Waals surface area contributed by atoms with Crippen molar-refractivity contribution in [1.82, 2.24) is 4.98 Å². The Morgan fingerprint density at radius 3 is 2.82 bits per heavy atom. The van der Waals surface area contributed by atoms with Crippen molar-refractivity contribution in [1.29, 1.82) is 0 Å². The van der Waals surface area contributed by atoms with Gasteiger partial charge in [0.2, 0.25) is 0 Å². The molecule has 0 amide bonds. The second-order valence-corrected chi connectivity index (χ2v) is 5.30. The van der Waals surface area contributed by atoms with Crippen LogP contribution in [-0.2, 0) is 15.3 Å². The van der Waals surface area contributed by atoms with Gasteiger partial charge in [-0.2, -0.15) is 11.8 Å². The van der Waals surface area contributed by atoms with Crippen LogP contribution in [-0.4, -0.2) is 23.8 Å². The minimum Gasteiger partial charge on any atom is -0.469 e. The molecule has 0 N–H and O–H groups in total. The van der Waals surface area contributed by atoms with Gasteiger partial charge in [0, 0.05) is 11.5 Å². The van der Waals surface area contributed by atoms with Crippen molar-refractivity contribution in [2.45, 2.75) is 12.7 Å². The van der Waals surface area contributed by atoms with E-state index in [1.165, 1.54) is 7.11 Å². The summed E-state index contributed by atoms with van der Waals surface area (Å²) in [6.45, 7) is 1.83. The molecule has 94 valence electrons. The maximum atomic E-state index is 11.2. The molecule has 0 spiro atoms. The minimum atomic E-state index is -0.196. The molecular weight excluding hydrogens is 281 g/mol. The quantitative estimate of drug-likeness (QED) is 0.616. The molecule has 0 saturated carbocycles. The molecule has 3 nitrogen and oxygen atoms in total. The van der Waals surface area contributed by atoms with Gasteiger partial charge in [-0.1, -0.05) is 36.2 Å². The molecule has 6 heteroatoms. The largest absolute Gasteiger partial charge is 0.469 e. The Hall–Kier alpha value is -0.450. The lowest BCUT2D eigenvalue weighted by atomic mass is 10.2. The number of thioether (sulfide) groups is 1. The maximum absolute atomic E-state index is 11.2. The summed E-state index contributed by atoms with van der Waals surface area (Å²) in [4.78, 5) is 15.1. The Kier molecular flexibility index (Phi) is 6.09. The molecule has 17 heavy (non-hydrogen) atoms. The number of rotatable bonds is 5. The number of carbonyl (C=O) groups excluding carboxylic acids is 1. The molecule has 1 heterocycles. The summed E-state index contributed by atoms with van der Waals surface area (Å²) in [5.74, 6) is 1.07. The lowest BCUT2D eigenvalue weighted by Gasteiger charge is -2.09. The third-order valence-electron chi connectivity index (χ3n) is 2.12. The maximum Gasteiger partial charge on any atom is 0.309 e. The second kappa shape index (κ2) is 7.09. The van der Waals surface area contributed by atoms with E-state index in [0.717, 1.165) is 5.56 Å². The van der Waals surface area contributed by atoms with Crippen LogP contribution >= 0.6 is 35.0 Å². The van der Waals surface area contributed by atoms with Crippen LogP contribution in [0.5, 0.6) is 0 Å². The van der Waals surface area contributed by atoms with Gasteiger partial charge < -0.3 is 4.74 Å². The molecular formula is C11H13Cl2NO2S. The Balaban J connectivity index is 2.43. The van der Waals surface area contributed by atoms with E-state index in [-0.39, 0.29) is 11.9 Å². The van der Waals surface area contributed by atoms with Crippen molar-refractivity contribution in [2.24, 2.45) is 5.92 Å². The number of esters is 1. The Labute approximate surface area is 115 Å². The van der Waals surface area contributed by atoms with E-state index >= 15 is 0 Å². The second-order valence-electron chi connectivity index (χ2n) is 3.52. The average molecular weight is 294 g/mol. The number of halogens is 2. The third-order valence-corrected chi connectivity index (χ3v) is 3.91. The van der Waals surface area contributed by atoms with Crippen molar-refractivity contribution in [3.63, 3.8) is 0 Å². The van der Waals surface area contributed by atoms with Gasteiger partial charge in [0.15, 0.2) is 0 Å². The van der Waals surface area contributed by atoms with Crippen molar-refractivity contribution in [3.8, 4) is 0 Å². The number of methoxy groups -OCH3 is 1. The van der Waals surface area contributed by atoms with Gasteiger partial charge in [-0.15, -0.1) is 0 Å². The first-order valence-electron chi connectivity index (χ1n) is 5.01. The zero-order valence-corrected chi connectivity index (χ0v) is 11.9. The fourth-order valence-electron chi connectivity index (χ4n) is 1.16. The zero-order chi connectivity index (χ0) is 12.8. The van der Waals surface area contributed by atoms with Crippen LogP contribution in [0.25, 0.3) is 0 Å². The molecule has 1 atom stereocenters. The number of pyridine rings is 1. The van der Waals surface area contributed by atoms with Gasteiger partial charge in [0.1, 0.15) is 10.3 Å². The van der Waals surface area contributed by atoms with Crippen molar-refractivity contribution in [2.75, 3.05) is 12.9 Å². The van der Waals surface area contributed by atoms with Gasteiger partial charge in [0.25, 0.3) is 0 Å². The molecule has 0 saturated heterocycles. The van der Waals surface area contributed by atoms with E-state index in [9.17, 15) is 4.79 Å². The smallest absolute Gasteiger partial charge is 0.309 e. The SMILES string of the molecule is COC(=O)C(C)CSCc1ccc(Cl)nc1Cl. The summed E-state index contributed by atoms with van der Waals surface area (Å²) in [6.07, 6.45) is 0. The number of carbonyl (C=O) groups is 1. The molecule has 0 aliphatic heterocycles. The number of hydrogen-bond donors (Lipinski definition) is 0. The van der Waals surface area contributed by atoms with Crippen LogP contribution in [0.15, 0.2) is 12.1 Å². The van der Waals surface area contributed by atoms with Crippen LogP contribution in [0.1, 0.15) is 12.5 Å². The van der Waals surface area contributed by atoms with E-state index in [0.29, 0.717) is 21.8 Å². The topological polar surface area (TPSA) is 39.2 Å². The van der Waals surface area contributed by atoms with Gasteiger partial charge in [-0.25, -0.2) is 4.98 Å². The summed E-state index contributed by atoms with van der Waals surface area (Å²) >= 11 is 13.2. The van der Waals surface area contributed by atoms with Gasteiger partial charge >= 0.3 is 5.97 Å². The molecule has 0 radical (unpaired) electrons. The van der Waals surface area contributed by atoms with Crippen molar-refractivity contribution < 1.29 is 9.53 Å². The van der Waals surface area contributed by atoms with Gasteiger partial charge in [-0.05, 0) is 11.6 Å². The van der Waals surface area contributed by atoms with Crippen LogP contribution in [0.4, 0.5) is 0 Å². The first-order chi connectivity index (χ1) is 8.04. The van der Waals surface area contributed by atoms with Crippen LogP contribution in [0.3, 0.4) is 0 Å². The molecule has 0 bridgehead atoms. The number of ether oxygens (including phenoxy) is 1. The first-order valence-corrected chi connectivity index (χ1v) is 6.92. The van der Waals surface area contributed by atoms with E-state index in [1.54, 1.807) is 17.8 Å². The summed E-state index contributed by atoms with van der Waals surface area (Å²) in [5.41, 5.74) is 0.915. The standard InChI is InChI=1S/C11H13Cl2NO2S/c1-7(11(15)16-2)5-17-6-8-3-4-9(12)14-10(8)13/h3-4,7H,5-6H2,1-2H3. The number of aromatic nitrogens is 1. The summed E-state index contributed by atoms with van der Waals surface area (Å²) in [6, 6.07) is 3.54. The molecule has 0 fully saturated rings. The number of hydrogen-bond acceptors (Lipinski definition) is 4. The Morgan fingerprint density at radius 2 is 2.24 bits per heavy atom. The minimum absolute atomic E-state index is 0.121. The Morgan fingerprint density at radius 1 is 1.53 bits per heavy atom. The molecule has 1 aromatic rings. The zero-order valence-electron chi connectivity index (χ0n) is 9.57. The predicted molar refractivity (Wildman–Crippen MR) is 71.6 cm³/mol. The lowest BCUT2D eigenvalue weighted by molar-refractivity contribution is -0.143. The van der Waals surface area contributed by atoms with Crippen LogP contribution in [0, 0.1) is 5.92 Å². The number of nitrogens with zero attached hydrogens (tertiary/aromatic N) is 1. The van der Waals surface area contributed by atoms with Crippen LogP contribution in [0.2, 0.25) is 10.3 Å². The fraction of sp³-hybridized carbons (Fsp3) is 0.455. The lowest BCUT2D eigenvalue weighted by Crippen LogP contribution is -2.14. The fourth-order valence-corrected chi connectivity index (χ4v) is 2.71. The van der Waals surface area contributed by atoms with E-state index in [2.05, 4.69) is 9.72 Å². The Bertz CT molecular complexity index is 401. The summed E-state index contributed by atoms with van der Waals surface area (Å²) in [7, 11) is 1.39. The molecule has 1 rings (SSSR count). The normalized spacial score (nSPS) is 12.2. The molecule has 0 aliphatic carbocycles. The van der Waals surface area contributed by atoms with E-state index < -0.39 is 0 Å². The highest BCUT2D eigenvalue weighted by atomic mass is 35.5. The highest BCUT2D eigenvalue weighted by Crippen LogP contribution is 2.22. The highest BCUT2D eigenvalue weighted by molar-refractivity contribution is 7.98. The van der Waals surface area contributed by atoms with Gasteiger partial charge in [-0.3, -0.25) is 4.79 Å². The molecule has 1 aromatic heterocycles. The monoisotopic (exact) mass is 293 g/mol. The first kappa shape index (κ1) is 14.6. The van der Waals surface area contributed by atoms with Crippen LogP contribution < -0.4 is 0 Å². The predicted octanol–water partition coefficient (Wildman–Crippen LogP) is 3.43. The molecule has 0 aromatic carbocycles. The van der Waals surface area contributed by atoms with E-state index in [4.69, 9.17) is 23.2 Å². The van der Waals surface area contributed by atoms with Crippen molar-refractivity contribution in [3.05, 3.63) is 28.0 Å². The van der Waals surface area contributed by atoms with Gasteiger partial charge in [0.05, 0.1) is 13.0 Å². The molecule has 1 unspecified atom stereocenters.